The second-order valence-electron chi connectivity index (χ2n) is 7.06. The minimum Gasteiger partial charge on any atom is -0.508 e. The average molecular weight is 394 g/mol. The van der Waals surface area contributed by atoms with E-state index in [2.05, 4.69) is 5.32 Å². The van der Waals surface area contributed by atoms with E-state index < -0.39 is 5.41 Å². The maximum absolute atomic E-state index is 13.5. The number of fused-ring (bicyclic) bond motifs is 1. The van der Waals surface area contributed by atoms with Gasteiger partial charge in [0.25, 0.3) is 0 Å². The first kappa shape index (κ1) is 18.4. The number of nitrogens with one attached hydrogen (secondary N) is 1. The van der Waals surface area contributed by atoms with Gasteiger partial charge in [-0.3, -0.25) is 4.79 Å². The summed E-state index contributed by atoms with van der Waals surface area (Å²) in [5.41, 5.74) is 3.74. The van der Waals surface area contributed by atoms with Crippen molar-refractivity contribution in [3.05, 3.63) is 87.4 Å². The van der Waals surface area contributed by atoms with Crippen molar-refractivity contribution in [2.24, 2.45) is 0 Å². The van der Waals surface area contributed by atoms with Crippen LogP contribution in [0.5, 0.6) is 11.5 Å². The van der Waals surface area contributed by atoms with Crippen LogP contribution in [0.25, 0.3) is 0 Å². The van der Waals surface area contributed by atoms with Gasteiger partial charge < -0.3 is 15.5 Å². The van der Waals surface area contributed by atoms with Crippen molar-refractivity contribution in [2.45, 2.75) is 25.7 Å². The smallest absolute Gasteiger partial charge is 0.244 e. The van der Waals surface area contributed by atoms with E-state index in [1.807, 2.05) is 19.9 Å². The molecule has 0 aromatic heterocycles. The van der Waals surface area contributed by atoms with Crippen molar-refractivity contribution in [3.8, 4) is 11.5 Å². The average Bonchev–Trinajstić information content (AvgIpc) is 2.96. The van der Waals surface area contributed by atoms with Crippen LogP contribution in [-0.4, -0.2) is 16.1 Å². The van der Waals surface area contributed by atoms with Gasteiger partial charge in [0.1, 0.15) is 16.9 Å². The number of hydrogen-bond donors (Lipinski definition) is 3. The maximum Gasteiger partial charge on any atom is 0.244 e. The second-order valence-corrected chi connectivity index (χ2v) is 7.44. The third-order valence-electron chi connectivity index (χ3n) is 5.48. The van der Waals surface area contributed by atoms with E-state index in [0.29, 0.717) is 11.4 Å². The van der Waals surface area contributed by atoms with E-state index in [1.165, 1.54) is 0 Å². The number of carbonyl (C=O) groups excluding carboxylic acids is 1. The lowest BCUT2D eigenvalue weighted by Gasteiger charge is -2.29. The topological polar surface area (TPSA) is 69.6 Å². The summed E-state index contributed by atoms with van der Waals surface area (Å²) in [6.07, 6.45) is 0.685. The first-order chi connectivity index (χ1) is 13.4. The number of benzene rings is 3. The molecule has 0 saturated carbocycles. The number of hydrogen-bond acceptors (Lipinski definition) is 3. The van der Waals surface area contributed by atoms with Gasteiger partial charge in [-0.15, -0.1) is 0 Å². The van der Waals surface area contributed by atoms with Gasteiger partial charge in [0.2, 0.25) is 5.91 Å². The molecule has 0 spiro atoms. The summed E-state index contributed by atoms with van der Waals surface area (Å²) in [7, 11) is 0. The first-order valence-corrected chi connectivity index (χ1v) is 9.50. The minimum absolute atomic E-state index is 0.129. The fourth-order valence-corrected chi connectivity index (χ4v) is 4.41. The lowest BCUT2D eigenvalue weighted by atomic mass is 9.69. The Hall–Kier alpha value is -2.98. The van der Waals surface area contributed by atoms with E-state index in [1.54, 1.807) is 48.5 Å². The third-order valence-corrected chi connectivity index (χ3v) is 6.01. The van der Waals surface area contributed by atoms with Gasteiger partial charge in [-0.05, 0) is 59.9 Å². The Labute approximate surface area is 168 Å². The first-order valence-electron chi connectivity index (χ1n) is 9.12. The van der Waals surface area contributed by atoms with Crippen LogP contribution in [0, 0.1) is 6.92 Å². The molecular weight excluding hydrogens is 374 g/mol. The lowest BCUT2D eigenvalue weighted by Crippen LogP contribution is -2.37. The highest BCUT2D eigenvalue weighted by molar-refractivity contribution is 6.33. The van der Waals surface area contributed by atoms with Gasteiger partial charge in [-0.25, -0.2) is 0 Å². The molecule has 0 aliphatic carbocycles. The summed E-state index contributed by atoms with van der Waals surface area (Å²) in [5.74, 6) is 0.0739. The van der Waals surface area contributed by atoms with Gasteiger partial charge in [0.05, 0.1) is 5.69 Å². The van der Waals surface area contributed by atoms with Crippen molar-refractivity contribution in [1.82, 2.24) is 0 Å². The largest absolute Gasteiger partial charge is 0.508 e. The number of halogens is 1. The minimum atomic E-state index is -1.10. The highest BCUT2D eigenvalue weighted by Crippen LogP contribution is 2.51. The standard InChI is InChI=1S/C23H20ClNO3/c1-3-18-20(24)13(2)12-19-21(18)25-22(28)23(19,14-4-8-16(26)9-5-14)15-6-10-17(27)11-7-15/h4-12,26-27H,3H2,1-2H3,(H,25,28). The molecule has 4 nitrogen and oxygen atoms in total. The maximum atomic E-state index is 13.5. The monoisotopic (exact) mass is 393 g/mol. The lowest BCUT2D eigenvalue weighted by molar-refractivity contribution is -0.118. The normalized spacial score (nSPS) is 14.6. The molecule has 1 aliphatic heterocycles. The van der Waals surface area contributed by atoms with E-state index >= 15 is 0 Å². The van der Waals surface area contributed by atoms with Crippen LogP contribution in [0.3, 0.4) is 0 Å². The van der Waals surface area contributed by atoms with Gasteiger partial charge in [-0.2, -0.15) is 0 Å². The molecular formula is C23H20ClNO3. The van der Waals surface area contributed by atoms with Crippen molar-refractivity contribution >= 4 is 23.2 Å². The van der Waals surface area contributed by atoms with Crippen LogP contribution in [0.15, 0.2) is 54.6 Å². The number of rotatable bonds is 3. The number of phenols is 2. The van der Waals surface area contributed by atoms with Crippen LogP contribution < -0.4 is 5.32 Å². The molecule has 3 N–H and O–H groups in total. The second kappa shape index (κ2) is 6.57. The molecule has 0 saturated heterocycles. The summed E-state index contributed by atoms with van der Waals surface area (Å²) >= 11 is 6.53. The molecule has 3 aromatic carbocycles. The van der Waals surface area contributed by atoms with Crippen LogP contribution >= 0.6 is 11.6 Å². The highest BCUT2D eigenvalue weighted by atomic mass is 35.5. The van der Waals surface area contributed by atoms with E-state index in [0.717, 1.165) is 33.5 Å². The van der Waals surface area contributed by atoms with E-state index in [4.69, 9.17) is 11.6 Å². The van der Waals surface area contributed by atoms with Crippen molar-refractivity contribution < 1.29 is 15.0 Å². The SMILES string of the molecule is CCc1c(Cl)c(C)cc2c1NC(=O)C2(c1ccc(O)cc1)c1ccc(O)cc1. The van der Waals surface area contributed by atoms with Crippen LogP contribution in [0.2, 0.25) is 5.02 Å². The summed E-state index contributed by atoms with van der Waals surface area (Å²) < 4.78 is 0. The van der Waals surface area contributed by atoms with Gasteiger partial charge in [-0.1, -0.05) is 48.9 Å². The van der Waals surface area contributed by atoms with Crippen LogP contribution in [0.1, 0.15) is 34.7 Å². The Morgan fingerprint density at radius 1 is 0.964 bits per heavy atom. The molecule has 0 radical (unpaired) electrons. The van der Waals surface area contributed by atoms with Gasteiger partial charge >= 0.3 is 0 Å². The fourth-order valence-electron chi connectivity index (χ4n) is 4.13. The zero-order chi connectivity index (χ0) is 20.1. The van der Waals surface area contributed by atoms with E-state index in [-0.39, 0.29) is 17.4 Å². The molecule has 1 aliphatic rings. The Bertz CT molecular complexity index is 1030. The summed E-state index contributed by atoms with van der Waals surface area (Å²) in [6.45, 7) is 3.94. The third kappa shape index (κ3) is 2.49. The molecule has 5 heteroatoms. The Morgan fingerprint density at radius 2 is 1.46 bits per heavy atom. The predicted octanol–water partition coefficient (Wildman–Crippen LogP) is 4.91. The molecule has 142 valence electrons. The molecule has 1 heterocycles. The number of aromatic hydroxyl groups is 2. The number of phenolic OH excluding ortho intramolecular Hbond substituents is 2. The number of anilines is 1. The molecule has 1 amide bonds. The van der Waals surface area contributed by atoms with Crippen molar-refractivity contribution in [1.29, 1.82) is 0 Å². The van der Waals surface area contributed by atoms with E-state index in [9.17, 15) is 15.0 Å². The molecule has 4 rings (SSSR count). The Morgan fingerprint density at radius 3 is 1.93 bits per heavy atom. The quantitative estimate of drug-likeness (QED) is 0.592. The molecule has 3 aromatic rings. The predicted molar refractivity (Wildman–Crippen MR) is 110 cm³/mol. The van der Waals surface area contributed by atoms with Crippen LogP contribution in [-0.2, 0) is 16.6 Å². The number of aryl methyl sites for hydroxylation is 1. The highest BCUT2D eigenvalue weighted by Gasteiger charge is 2.50. The Balaban J connectivity index is 2.11. The fraction of sp³-hybridized carbons (Fsp3) is 0.174. The number of carbonyl (C=O) groups is 1. The summed E-state index contributed by atoms with van der Waals surface area (Å²) in [5, 5.41) is 23.2. The van der Waals surface area contributed by atoms with Gasteiger partial charge in [0.15, 0.2) is 0 Å². The van der Waals surface area contributed by atoms with Gasteiger partial charge in [0, 0.05) is 10.6 Å². The van der Waals surface area contributed by atoms with Crippen LogP contribution in [0.4, 0.5) is 5.69 Å². The summed E-state index contributed by atoms with van der Waals surface area (Å²) in [4.78, 5) is 13.5. The van der Waals surface area contributed by atoms with Crippen molar-refractivity contribution in [2.75, 3.05) is 5.32 Å². The molecule has 0 fully saturated rings. The molecule has 0 bridgehead atoms. The zero-order valence-electron chi connectivity index (χ0n) is 15.6. The number of amides is 1. The molecule has 0 unspecified atom stereocenters. The van der Waals surface area contributed by atoms with Crippen molar-refractivity contribution in [3.63, 3.8) is 0 Å². The zero-order valence-corrected chi connectivity index (χ0v) is 16.3. The Kier molecular flexibility index (Phi) is 4.31. The molecule has 0 atom stereocenters. The summed E-state index contributed by atoms with van der Waals surface area (Å²) in [6, 6.07) is 15.3. The molecule has 28 heavy (non-hydrogen) atoms.